The maximum atomic E-state index is 5.96. The van der Waals surface area contributed by atoms with E-state index in [2.05, 4.69) is 5.32 Å². The van der Waals surface area contributed by atoms with E-state index in [1.807, 2.05) is 55.5 Å². The lowest BCUT2D eigenvalue weighted by Crippen LogP contribution is -1.99. The molecule has 0 bridgehead atoms. The molecule has 0 aliphatic heterocycles. The lowest BCUT2D eigenvalue weighted by Gasteiger charge is -2.06. The Morgan fingerprint density at radius 3 is 2.40 bits per heavy atom. The summed E-state index contributed by atoms with van der Waals surface area (Å²) >= 11 is 0. The van der Waals surface area contributed by atoms with Crippen LogP contribution in [0.2, 0.25) is 0 Å². The van der Waals surface area contributed by atoms with Crippen LogP contribution in [0.15, 0.2) is 42.5 Å². The van der Waals surface area contributed by atoms with E-state index >= 15 is 0 Å². The van der Waals surface area contributed by atoms with Gasteiger partial charge in [0.1, 0.15) is 0 Å². The zero-order chi connectivity index (χ0) is 14.5. The molecule has 4 nitrogen and oxygen atoms in total. The normalized spacial score (nSPS) is 10.8. The van der Waals surface area contributed by atoms with Crippen molar-refractivity contribution in [3.8, 4) is 0 Å². The predicted octanol–water partition coefficient (Wildman–Crippen LogP) is 2.87. The average Bonchev–Trinajstić information content (AvgIpc) is 2.42. The third-order valence-corrected chi connectivity index (χ3v) is 3.10. The number of aryl methyl sites for hydroxylation is 1. The molecule has 0 radical (unpaired) electrons. The van der Waals surface area contributed by atoms with Crippen LogP contribution in [-0.2, 0) is 0 Å². The lowest BCUT2D eigenvalue weighted by atomic mass is 10.1. The summed E-state index contributed by atoms with van der Waals surface area (Å²) in [6.45, 7) is 2.65. The third kappa shape index (κ3) is 3.45. The molecule has 0 heterocycles. The monoisotopic (exact) mass is 268 g/mol. The van der Waals surface area contributed by atoms with Gasteiger partial charge in [-0.3, -0.25) is 0 Å². The molecule has 0 unspecified atom stereocenters. The summed E-state index contributed by atoms with van der Waals surface area (Å²) in [4.78, 5) is 0. The summed E-state index contributed by atoms with van der Waals surface area (Å²) in [6, 6.07) is 11.4. The van der Waals surface area contributed by atoms with E-state index in [0.717, 1.165) is 33.9 Å². The van der Waals surface area contributed by atoms with Crippen LogP contribution in [0, 0.1) is 6.92 Å². The average molecular weight is 268 g/mol. The maximum Gasteiger partial charge on any atom is 0.0391 e. The first-order valence-corrected chi connectivity index (χ1v) is 6.48. The van der Waals surface area contributed by atoms with Crippen LogP contribution in [-0.4, -0.2) is 6.54 Å². The van der Waals surface area contributed by atoms with Gasteiger partial charge in [-0.1, -0.05) is 12.2 Å². The molecule has 0 aliphatic carbocycles. The fourth-order valence-electron chi connectivity index (χ4n) is 1.87. The summed E-state index contributed by atoms with van der Waals surface area (Å²) in [5.41, 5.74) is 22.7. The van der Waals surface area contributed by atoms with E-state index in [4.69, 9.17) is 17.2 Å². The molecule has 2 aromatic carbocycles. The standard InChI is InChI=1S/C16H20N4/c1-11-9-16(19)12(10-15(11)18)3-2-8-20-14-6-4-13(17)5-7-14/h2-7,9-10,20H,8,17-19H2,1H3. The molecule has 0 fully saturated rings. The van der Waals surface area contributed by atoms with E-state index in [-0.39, 0.29) is 0 Å². The van der Waals surface area contributed by atoms with E-state index in [1.165, 1.54) is 0 Å². The maximum absolute atomic E-state index is 5.96. The second-order valence-corrected chi connectivity index (χ2v) is 4.74. The summed E-state index contributed by atoms with van der Waals surface area (Å²) in [5.74, 6) is 0. The lowest BCUT2D eigenvalue weighted by molar-refractivity contribution is 1.34. The first kappa shape index (κ1) is 13.8. The molecule has 0 aliphatic rings. The van der Waals surface area contributed by atoms with Crippen molar-refractivity contribution < 1.29 is 0 Å². The second-order valence-electron chi connectivity index (χ2n) is 4.74. The number of hydrogen-bond donors (Lipinski definition) is 4. The first-order valence-electron chi connectivity index (χ1n) is 6.48. The van der Waals surface area contributed by atoms with E-state index < -0.39 is 0 Å². The van der Waals surface area contributed by atoms with Crippen LogP contribution in [0.5, 0.6) is 0 Å². The number of benzene rings is 2. The minimum absolute atomic E-state index is 0.705. The predicted molar refractivity (Wildman–Crippen MR) is 88.4 cm³/mol. The SMILES string of the molecule is Cc1cc(N)c(C=CCNc2ccc(N)cc2)cc1N. The zero-order valence-electron chi connectivity index (χ0n) is 11.6. The highest BCUT2D eigenvalue weighted by Gasteiger charge is 1.99. The van der Waals surface area contributed by atoms with Crippen molar-refractivity contribution in [2.45, 2.75) is 6.92 Å². The van der Waals surface area contributed by atoms with Crippen molar-refractivity contribution in [2.75, 3.05) is 29.1 Å². The Balaban J connectivity index is 1.97. The van der Waals surface area contributed by atoms with Crippen molar-refractivity contribution in [3.63, 3.8) is 0 Å². The third-order valence-electron chi connectivity index (χ3n) is 3.10. The van der Waals surface area contributed by atoms with Gasteiger partial charge in [-0.2, -0.15) is 0 Å². The summed E-state index contributed by atoms with van der Waals surface area (Å²) in [5, 5.41) is 3.27. The molecule has 0 saturated heterocycles. The quantitative estimate of drug-likeness (QED) is 0.642. The molecule has 0 spiro atoms. The van der Waals surface area contributed by atoms with Gasteiger partial charge in [0.05, 0.1) is 0 Å². The number of anilines is 4. The Labute approximate surface area is 119 Å². The Morgan fingerprint density at radius 2 is 1.70 bits per heavy atom. The molecule has 20 heavy (non-hydrogen) atoms. The first-order chi connectivity index (χ1) is 9.56. The topological polar surface area (TPSA) is 90.1 Å². The molecule has 7 N–H and O–H groups in total. The van der Waals surface area contributed by atoms with Crippen LogP contribution in [0.1, 0.15) is 11.1 Å². The minimum Gasteiger partial charge on any atom is -0.399 e. The van der Waals surface area contributed by atoms with E-state index in [1.54, 1.807) is 0 Å². The Kier molecular flexibility index (Phi) is 4.15. The molecule has 0 aromatic heterocycles. The van der Waals surface area contributed by atoms with Gasteiger partial charge in [0.25, 0.3) is 0 Å². The molecule has 4 heteroatoms. The number of nitrogens with two attached hydrogens (primary N) is 3. The van der Waals surface area contributed by atoms with Crippen LogP contribution in [0.25, 0.3) is 6.08 Å². The zero-order valence-corrected chi connectivity index (χ0v) is 11.6. The molecule has 2 rings (SSSR count). The van der Waals surface area contributed by atoms with Gasteiger partial charge in [0.2, 0.25) is 0 Å². The summed E-state index contributed by atoms with van der Waals surface area (Å²) in [6.07, 6.45) is 3.98. The molecule has 0 amide bonds. The van der Waals surface area contributed by atoms with E-state index in [0.29, 0.717) is 6.54 Å². The molecule has 0 saturated carbocycles. The highest BCUT2D eigenvalue weighted by Crippen LogP contribution is 2.21. The summed E-state index contributed by atoms with van der Waals surface area (Å²) < 4.78 is 0. The highest BCUT2D eigenvalue weighted by molar-refractivity contribution is 5.71. The number of rotatable bonds is 4. The van der Waals surface area contributed by atoms with Crippen LogP contribution < -0.4 is 22.5 Å². The number of nitrogens with one attached hydrogen (secondary N) is 1. The number of nitrogen functional groups attached to an aromatic ring is 3. The van der Waals surface area contributed by atoms with Crippen molar-refractivity contribution in [3.05, 3.63) is 53.6 Å². The second kappa shape index (κ2) is 6.02. The smallest absolute Gasteiger partial charge is 0.0391 e. The molecular formula is C16H20N4. The van der Waals surface area contributed by atoms with Crippen LogP contribution >= 0.6 is 0 Å². The largest absolute Gasteiger partial charge is 0.399 e. The molecular weight excluding hydrogens is 248 g/mol. The van der Waals surface area contributed by atoms with Crippen molar-refractivity contribution >= 4 is 28.8 Å². The van der Waals surface area contributed by atoms with Crippen LogP contribution in [0.3, 0.4) is 0 Å². The van der Waals surface area contributed by atoms with Crippen molar-refractivity contribution in [1.29, 1.82) is 0 Å². The van der Waals surface area contributed by atoms with Crippen molar-refractivity contribution in [1.82, 2.24) is 0 Å². The fraction of sp³-hybridized carbons (Fsp3) is 0.125. The summed E-state index contributed by atoms with van der Waals surface area (Å²) in [7, 11) is 0. The minimum atomic E-state index is 0.705. The van der Waals surface area contributed by atoms with Gasteiger partial charge < -0.3 is 22.5 Å². The molecule has 2 aromatic rings. The Bertz CT molecular complexity index is 615. The Morgan fingerprint density at radius 1 is 1.00 bits per heavy atom. The highest BCUT2D eigenvalue weighted by atomic mass is 14.9. The fourth-order valence-corrected chi connectivity index (χ4v) is 1.87. The van der Waals surface area contributed by atoms with Crippen LogP contribution in [0.4, 0.5) is 22.7 Å². The van der Waals surface area contributed by atoms with E-state index in [9.17, 15) is 0 Å². The Hall–Kier alpha value is -2.62. The van der Waals surface area contributed by atoms with Crippen molar-refractivity contribution in [2.24, 2.45) is 0 Å². The van der Waals surface area contributed by atoms with Gasteiger partial charge in [-0.25, -0.2) is 0 Å². The number of hydrogen-bond acceptors (Lipinski definition) is 4. The van der Waals surface area contributed by atoms with Gasteiger partial charge >= 0.3 is 0 Å². The molecule has 0 atom stereocenters. The van der Waals surface area contributed by atoms with Gasteiger partial charge in [0, 0.05) is 29.3 Å². The van der Waals surface area contributed by atoms with Gasteiger partial charge in [0.15, 0.2) is 0 Å². The van der Waals surface area contributed by atoms with Gasteiger partial charge in [-0.15, -0.1) is 0 Å². The van der Waals surface area contributed by atoms with Gasteiger partial charge in [-0.05, 0) is 54.4 Å². The molecule has 104 valence electrons.